The normalized spacial score (nSPS) is 18.4. The minimum Gasteiger partial charge on any atom is -0.253 e. The van der Waals surface area contributed by atoms with Crippen molar-refractivity contribution in [3.63, 3.8) is 0 Å². The molecule has 0 aromatic rings. The molecule has 3 heteroatoms. The van der Waals surface area contributed by atoms with E-state index in [1.165, 1.54) is 0 Å². The highest BCUT2D eigenvalue weighted by atomic mass is 32.2. The molecule has 1 unspecified atom stereocenters. The molecular formula is C8H19NOS. The van der Waals surface area contributed by atoms with Gasteiger partial charge in [-0.3, -0.25) is 4.21 Å². The van der Waals surface area contributed by atoms with E-state index in [1.807, 2.05) is 11.4 Å². The fourth-order valence-electron chi connectivity index (χ4n) is 0.805. The molecule has 0 aromatic carbocycles. The molecule has 0 heterocycles. The van der Waals surface area contributed by atoms with Gasteiger partial charge < -0.3 is 0 Å². The van der Waals surface area contributed by atoms with Crippen LogP contribution in [0.1, 0.15) is 20.8 Å². The summed E-state index contributed by atoms with van der Waals surface area (Å²) in [6.07, 6.45) is 1.67. The molecule has 0 rings (SSSR count). The van der Waals surface area contributed by atoms with Crippen molar-refractivity contribution in [2.75, 3.05) is 19.8 Å². The van der Waals surface area contributed by atoms with Crippen molar-refractivity contribution >= 4 is 15.6 Å². The highest BCUT2D eigenvalue weighted by molar-refractivity contribution is 7.97. The first-order chi connectivity index (χ1) is 4.63. The van der Waals surface area contributed by atoms with Gasteiger partial charge in [0, 0.05) is 22.5 Å². The molecule has 0 aliphatic carbocycles. The Bertz CT molecular complexity index is 211. The largest absolute Gasteiger partial charge is 0.253 e. The predicted molar refractivity (Wildman–Crippen MR) is 53.3 cm³/mol. The van der Waals surface area contributed by atoms with Crippen LogP contribution in [0.4, 0.5) is 0 Å². The Balaban J connectivity index is 4.22. The number of hydrogen-bond acceptors (Lipinski definition) is 1. The maximum Gasteiger partial charge on any atom is 0.0242 e. The van der Waals surface area contributed by atoms with Crippen molar-refractivity contribution in [3.05, 3.63) is 0 Å². The first kappa shape index (κ1) is 11.0. The number of rotatable bonds is 2. The maximum absolute atomic E-state index is 11.4. The van der Waals surface area contributed by atoms with Crippen LogP contribution in [0.25, 0.3) is 0 Å². The molecule has 2 nitrogen and oxygen atoms in total. The van der Waals surface area contributed by atoms with Gasteiger partial charge in [-0.05, 0) is 18.3 Å². The van der Waals surface area contributed by atoms with E-state index in [9.17, 15) is 4.21 Å². The van der Waals surface area contributed by atoms with Gasteiger partial charge in [-0.1, -0.05) is 20.8 Å². The Kier molecular flexibility index (Phi) is 3.15. The van der Waals surface area contributed by atoms with Gasteiger partial charge in [0.1, 0.15) is 0 Å². The lowest BCUT2D eigenvalue weighted by atomic mass is 9.97. The quantitative estimate of drug-likeness (QED) is 0.581. The third kappa shape index (κ3) is 5.27. The molecule has 0 bridgehead atoms. The van der Waals surface area contributed by atoms with Gasteiger partial charge in [0.2, 0.25) is 0 Å². The maximum atomic E-state index is 11.4. The van der Waals surface area contributed by atoms with Gasteiger partial charge in [-0.25, -0.2) is 4.31 Å². The molecule has 0 amide bonds. The van der Waals surface area contributed by atoms with Crippen LogP contribution < -0.4 is 0 Å². The lowest BCUT2D eigenvalue weighted by Crippen LogP contribution is -2.33. The Morgan fingerprint density at radius 1 is 1.45 bits per heavy atom. The molecule has 0 spiro atoms. The van der Waals surface area contributed by atoms with Crippen molar-refractivity contribution in [1.29, 1.82) is 0 Å². The summed E-state index contributed by atoms with van der Waals surface area (Å²) in [7, 11) is -0.155. The fourth-order valence-corrected chi connectivity index (χ4v) is 1.46. The Labute approximate surface area is 70.7 Å². The Hall–Kier alpha value is -0.0200. The Morgan fingerprint density at radius 2 is 1.82 bits per heavy atom. The van der Waals surface area contributed by atoms with Crippen LogP contribution in [0.2, 0.25) is 0 Å². The zero-order valence-electron chi connectivity index (χ0n) is 8.18. The van der Waals surface area contributed by atoms with E-state index >= 15 is 0 Å². The van der Waals surface area contributed by atoms with Crippen LogP contribution >= 0.6 is 0 Å². The van der Waals surface area contributed by atoms with Gasteiger partial charge in [0.15, 0.2) is 0 Å². The van der Waals surface area contributed by atoms with Crippen molar-refractivity contribution < 1.29 is 4.21 Å². The third-order valence-corrected chi connectivity index (χ3v) is 2.80. The van der Waals surface area contributed by atoms with E-state index < -0.39 is 9.71 Å². The summed E-state index contributed by atoms with van der Waals surface area (Å²) in [6, 6.07) is 0. The predicted octanol–water partition coefficient (Wildman–Crippen LogP) is 1.23. The highest BCUT2D eigenvalue weighted by Crippen LogP contribution is 2.15. The van der Waals surface area contributed by atoms with E-state index in [4.69, 9.17) is 0 Å². The first-order valence-corrected chi connectivity index (χ1v) is 5.76. The van der Waals surface area contributed by atoms with Crippen molar-refractivity contribution in [3.8, 4) is 0 Å². The minimum atomic E-state index is -2.00. The SMILES string of the molecule is C=S(C)(=O)N(C)CC(C)(C)C. The van der Waals surface area contributed by atoms with Crippen LogP contribution in [-0.4, -0.2) is 34.2 Å². The van der Waals surface area contributed by atoms with E-state index in [2.05, 4.69) is 26.6 Å². The number of nitrogens with zero attached hydrogens (tertiary/aromatic N) is 1. The molecule has 0 saturated carbocycles. The van der Waals surface area contributed by atoms with E-state index in [0.717, 1.165) is 6.54 Å². The summed E-state index contributed by atoms with van der Waals surface area (Å²) in [5, 5.41) is 0. The van der Waals surface area contributed by atoms with E-state index in [1.54, 1.807) is 6.26 Å². The zero-order valence-corrected chi connectivity index (χ0v) is 8.99. The van der Waals surface area contributed by atoms with Crippen molar-refractivity contribution in [1.82, 2.24) is 4.31 Å². The van der Waals surface area contributed by atoms with Gasteiger partial charge in [-0.2, -0.15) is 0 Å². The van der Waals surface area contributed by atoms with Crippen LogP contribution in [0, 0.1) is 5.41 Å². The molecule has 0 fully saturated rings. The second-order valence-electron chi connectivity index (χ2n) is 4.31. The molecule has 68 valence electrons. The smallest absolute Gasteiger partial charge is 0.0242 e. The van der Waals surface area contributed by atoms with E-state index in [-0.39, 0.29) is 5.41 Å². The van der Waals surface area contributed by atoms with Gasteiger partial charge >= 0.3 is 0 Å². The molecule has 0 radical (unpaired) electrons. The molecule has 11 heavy (non-hydrogen) atoms. The molecule has 0 aliphatic heterocycles. The topological polar surface area (TPSA) is 20.3 Å². The standard InChI is InChI=1S/C8H19NOS/c1-8(2,3)7-9(4)11(5,6)10/h5,7H2,1-4,6H3. The lowest BCUT2D eigenvalue weighted by Gasteiger charge is -2.27. The van der Waals surface area contributed by atoms with Crippen LogP contribution in [-0.2, 0) is 9.71 Å². The monoisotopic (exact) mass is 177 g/mol. The highest BCUT2D eigenvalue weighted by Gasteiger charge is 2.16. The second-order valence-corrected chi connectivity index (χ2v) is 6.85. The first-order valence-electron chi connectivity index (χ1n) is 3.66. The Morgan fingerprint density at radius 3 is 1.91 bits per heavy atom. The van der Waals surface area contributed by atoms with Gasteiger partial charge in [0.25, 0.3) is 0 Å². The van der Waals surface area contributed by atoms with Crippen LogP contribution in [0.5, 0.6) is 0 Å². The average molecular weight is 177 g/mol. The molecule has 0 N–H and O–H groups in total. The second kappa shape index (κ2) is 3.15. The summed E-state index contributed by atoms with van der Waals surface area (Å²) in [4.78, 5) is 0. The average Bonchev–Trinajstić information content (AvgIpc) is 1.56. The molecule has 0 aromatic heterocycles. The summed E-state index contributed by atoms with van der Waals surface area (Å²) >= 11 is 0. The molecule has 1 atom stereocenters. The van der Waals surface area contributed by atoms with Crippen LogP contribution in [0.3, 0.4) is 0 Å². The van der Waals surface area contributed by atoms with Crippen molar-refractivity contribution in [2.45, 2.75) is 20.8 Å². The minimum absolute atomic E-state index is 0.186. The van der Waals surface area contributed by atoms with Gasteiger partial charge in [-0.15, -0.1) is 0 Å². The van der Waals surface area contributed by atoms with Gasteiger partial charge in [0.05, 0.1) is 0 Å². The summed E-state index contributed by atoms with van der Waals surface area (Å²) < 4.78 is 13.2. The summed E-state index contributed by atoms with van der Waals surface area (Å²) in [5.41, 5.74) is 0.186. The summed E-state index contributed by atoms with van der Waals surface area (Å²) in [6.45, 7) is 7.17. The molecule has 0 aliphatic rings. The lowest BCUT2D eigenvalue weighted by molar-refractivity contribution is 0.321. The fraction of sp³-hybridized carbons (Fsp3) is 0.875. The molecular weight excluding hydrogens is 158 g/mol. The molecule has 0 saturated heterocycles. The zero-order chi connectivity index (χ0) is 9.28. The summed E-state index contributed by atoms with van der Waals surface area (Å²) in [5.74, 6) is 3.61. The van der Waals surface area contributed by atoms with E-state index in [0.29, 0.717) is 0 Å². The van der Waals surface area contributed by atoms with Crippen molar-refractivity contribution in [2.24, 2.45) is 5.41 Å². The van der Waals surface area contributed by atoms with Crippen LogP contribution in [0.15, 0.2) is 0 Å². The third-order valence-electron chi connectivity index (χ3n) is 1.36. The number of hydrogen-bond donors (Lipinski definition) is 0.